The number of aryl methyl sites for hydroxylation is 1. The number of hydrogen-bond acceptors (Lipinski definition) is 3. The number of urea groups is 1. The van der Waals surface area contributed by atoms with E-state index in [2.05, 4.69) is 17.0 Å². The Morgan fingerprint density at radius 2 is 1.48 bits per heavy atom. The lowest BCUT2D eigenvalue weighted by Crippen LogP contribution is -2.39. The molecular weight excluding hydrogens is 408 g/mol. The number of halogens is 1. The molecule has 7 heteroatoms. The van der Waals surface area contributed by atoms with Crippen molar-refractivity contribution in [1.29, 1.82) is 0 Å². The number of rotatable bonds is 15. The summed E-state index contributed by atoms with van der Waals surface area (Å²) in [5, 5.41) is 3.02. The van der Waals surface area contributed by atoms with Crippen LogP contribution >= 0.6 is 11.6 Å². The minimum atomic E-state index is -3.92. The van der Waals surface area contributed by atoms with Gasteiger partial charge in [-0.1, -0.05) is 83.2 Å². The second-order valence-corrected chi connectivity index (χ2v) is 9.63. The highest BCUT2D eigenvalue weighted by atomic mass is 35.5. The molecule has 2 amide bonds. The van der Waals surface area contributed by atoms with Crippen LogP contribution in [-0.4, -0.2) is 21.0 Å². The molecule has 1 aromatic rings. The smallest absolute Gasteiger partial charge is 0.328 e. The van der Waals surface area contributed by atoms with Gasteiger partial charge in [0.1, 0.15) is 0 Å². The van der Waals surface area contributed by atoms with Crippen LogP contribution in [0.15, 0.2) is 23.1 Å². The summed E-state index contributed by atoms with van der Waals surface area (Å²) in [7, 11) is -3.92. The van der Waals surface area contributed by atoms with Crippen molar-refractivity contribution >= 4 is 27.7 Å². The Kier molecular flexibility index (Phi) is 13.0. The lowest BCUT2D eigenvalue weighted by molar-refractivity contribution is 0.246. The van der Waals surface area contributed by atoms with Crippen molar-refractivity contribution in [3.8, 4) is 0 Å². The van der Waals surface area contributed by atoms with Crippen molar-refractivity contribution in [2.24, 2.45) is 0 Å². The average Bonchev–Trinajstić information content (AvgIpc) is 2.67. The van der Waals surface area contributed by atoms with Gasteiger partial charge in [-0.15, -0.1) is 0 Å². The van der Waals surface area contributed by atoms with Gasteiger partial charge < -0.3 is 5.32 Å². The molecule has 166 valence electrons. The van der Waals surface area contributed by atoms with Crippen molar-refractivity contribution in [2.45, 2.75) is 95.8 Å². The molecule has 0 aliphatic carbocycles. The van der Waals surface area contributed by atoms with Gasteiger partial charge in [-0.05, 0) is 43.0 Å². The van der Waals surface area contributed by atoms with Gasteiger partial charge in [0.15, 0.2) is 0 Å². The standard InChI is InChI=1S/C22H37ClN2O3S/c1-3-5-6-7-8-9-10-11-12-13-14-19-18-20(23)15-16-21(19)29(27,28)25-22(26)24-17-4-2/h15-16,18H,3-14,17H2,1-2H3,(H2,24,25,26). The molecule has 0 saturated carbocycles. The van der Waals surface area contributed by atoms with Crippen molar-refractivity contribution in [1.82, 2.24) is 10.0 Å². The zero-order valence-electron chi connectivity index (χ0n) is 17.9. The third kappa shape index (κ3) is 10.9. The SMILES string of the molecule is CCCCCCCCCCCCc1cc(Cl)ccc1S(=O)(=O)NC(=O)NCCC. The van der Waals surface area contributed by atoms with Crippen LogP contribution in [0, 0.1) is 0 Å². The predicted octanol–water partition coefficient (Wildman–Crippen LogP) is 6.20. The van der Waals surface area contributed by atoms with Crippen LogP contribution < -0.4 is 10.0 Å². The van der Waals surface area contributed by atoms with E-state index in [-0.39, 0.29) is 4.90 Å². The van der Waals surface area contributed by atoms with E-state index in [0.717, 1.165) is 25.7 Å². The monoisotopic (exact) mass is 444 g/mol. The zero-order valence-corrected chi connectivity index (χ0v) is 19.5. The molecule has 29 heavy (non-hydrogen) atoms. The van der Waals surface area contributed by atoms with E-state index in [1.807, 2.05) is 6.92 Å². The molecule has 0 aliphatic rings. The number of amides is 2. The highest BCUT2D eigenvalue weighted by Crippen LogP contribution is 2.23. The van der Waals surface area contributed by atoms with Crippen molar-refractivity contribution in [2.75, 3.05) is 6.54 Å². The Labute approximate surface area is 182 Å². The van der Waals surface area contributed by atoms with Gasteiger partial charge in [0.25, 0.3) is 10.0 Å². The summed E-state index contributed by atoms with van der Waals surface area (Å²) in [4.78, 5) is 11.9. The molecular formula is C22H37ClN2O3S. The molecule has 0 aromatic heterocycles. The highest BCUT2D eigenvalue weighted by molar-refractivity contribution is 7.90. The summed E-state index contributed by atoms with van der Waals surface area (Å²) in [5.41, 5.74) is 0.660. The minimum Gasteiger partial charge on any atom is -0.337 e. The van der Waals surface area contributed by atoms with Crippen LogP contribution in [-0.2, 0) is 16.4 Å². The van der Waals surface area contributed by atoms with Gasteiger partial charge >= 0.3 is 6.03 Å². The van der Waals surface area contributed by atoms with Gasteiger partial charge in [0, 0.05) is 11.6 Å². The fourth-order valence-corrected chi connectivity index (χ4v) is 4.63. The maximum atomic E-state index is 12.6. The van der Waals surface area contributed by atoms with E-state index in [1.165, 1.54) is 51.0 Å². The summed E-state index contributed by atoms with van der Waals surface area (Å²) in [6.07, 6.45) is 13.6. The number of hydrogen-bond donors (Lipinski definition) is 2. The minimum absolute atomic E-state index is 0.129. The molecule has 0 aliphatic heterocycles. The summed E-state index contributed by atoms with van der Waals surface area (Å²) >= 11 is 6.08. The molecule has 0 fully saturated rings. The number of carbonyl (C=O) groups is 1. The van der Waals surface area contributed by atoms with E-state index in [0.29, 0.717) is 23.6 Å². The third-order valence-electron chi connectivity index (χ3n) is 4.87. The van der Waals surface area contributed by atoms with Crippen molar-refractivity contribution in [3.05, 3.63) is 28.8 Å². The van der Waals surface area contributed by atoms with Gasteiger partial charge in [0.05, 0.1) is 4.90 Å². The van der Waals surface area contributed by atoms with Crippen LogP contribution in [0.1, 0.15) is 90.0 Å². The number of benzene rings is 1. The third-order valence-corrected chi connectivity index (χ3v) is 6.54. The Morgan fingerprint density at radius 1 is 0.897 bits per heavy atom. The number of sulfonamides is 1. The number of nitrogens with one attached hydrogen (secondary N) is 2. The summed E-state index contributed by atoms with van der Waals surface area (Å²) < 4.78 is 27.3. The second-order valence-electron chi connectivity index (χ2n) is 7.55. The van der Waals surface area contributed by atoms with Crippen LogP contribution in [0.5, 0.6) is 0 Å². The molecule has 1 rings (SSSR count). The molecule has 0 saturated heterocycles. The fourth-order valence-electron chi connectivity index (χ4n) is 3.26. The largest absolute Gasteiger partial charge is 0.337 e. The predicted molar refractivity (Wildman–Crippen MR) is 121 cm³/mol. The lowest BCUT2D eigenvalue weighted by Gasteiger charge is -2.12. The molecule has 2 N–H and O–H groups in total. The second kappa shape index (κ2) is 14.7. The molecule has 0 unspecified atom stereocenters. The van der Waals surface area contributed by atoms with E-state index in [9.17, 15) is 13.2 Å². The molecule has 0 radical (unpaired) electrons. The first kappa shape index (κ1) is 25.8. The Balaban J connectivity index is 2.49. The first-order chi connectivity index (χ1) is 13.9. The average molecular weight is 445 g/mol. The Morgan fingerprint density at radius 3 is 2.07 bits per heavy atom. The van der Waals surface area contributed by atoms with Crippen LogP contribution in [0.25, 0.3) is 0 Å². The zero-order chi connectivity index (χ0) is 21.5. The Hall–Kier alpha value is -1.27. The molecule has 0 spiro atoms. The number of carbonyl (C=O) groups excluding carboxylic acids is 1. The normalized spacial score (nSPS) is 11.4. The van der Waals surface area contributed by atoms with Gasteiger partial charge in [0.2, 0.25) is 0 Å². The molecule has 0 atom stereocenters. The maximum Gasteiger partial charge on any atom is 0.328 e. The van der Waals surface area contributed by atoms with Crippen molar-refractivity contribution < 1.29 is 13.2 Å². The van der Waals surface area contributed by atoms with E-state index in [4.69, 9.17) is 11.6 Å². The number of unbranched alkanes of at least 4 members (excludes halogenated alkanes) is 9. The molecule has 0 bridgehead atoms. The van der Waals surface area contributed by atoms with Crippen LogP contribution in [0.2, 0.25) is 5.02 Å². The summed E-state index contributed by atoms with van der Waals surface area (Å²) in [5.74, 6) is 0. The topological polar surface area (TPSA) is 75.3 Å². The van der Waals surface area contributed by atoms with E-state index < -0.39 is 16.1 Å². The fraction of sp³-hybridized carbons (Fsp3) is 0.682. The lowest BCUT2D eigenvalue weighted by atomic mass is 10.0. The summed E-state index contributed by atoms with van der Waals surface area (Å²) in [6.45, 7) is 4.56. The first-order valence-electron chi connectivity index (χ1n) is 11.0. The van der Waals surface area contributed by atoms with E-state index in [1.54, 1.807) is 12.1 Å². The molecule has 1 aromatic carbocycles. The van der Waals surface area contributed by atoms with Crippen LogP contribution in [0.4, 0.5) is 4.79 Å². The quantitative estimate of drug-likeness (QED) is 0.316. The van der Waals surface area contributed by atoms with Gasteiger partial charge in [-0.3, -0.25) is 0 Å². The molecule has 0 heterocycles. The van der Waals surface area contributed by atoms with E-state index >= 15 is 0 Å². The highest BCUT2D eigenvalue weighted by Gasteiger charge is 2.21. The molecule has 5 nitrogen and oxygen atoms in total. The van der Waals surface area contributed by atoms with Gasteiger partial charge in [-0.25, -0.2) is 17.9 Å². The summed E-state index contributed by atoms with van der Waals surface area (Å²) in [6, 6.07) is 4.01. The van der Waals surface area contributed by atoms with Crippen molar-refractivity contribution in [3.63, 3.8) is 0 Å². The van der Waals surface area contributed by atoms with Crippen LogP contribution in [0.3, 0.4) is 0 Å². The Bertz CT molecular complexity index is 708. The maximum absolute atomic E-state index is 12.6. The first-order valence-corrected chi connectivity index (χ1v) is 12.9. The van der Waals surface area contributed by atoms with Gasteiger partial charge in [-0.2, -0.15) is 0 Å².